The van der Waals surface area contributed by atoms with E-state index in [2.05, 4.69) is 46.0 Å². The van der Waals surface area contributed by atoms with E-state index in [9.17, 15) is 4.79 Å². The first kappa shape index (κ1) is 34.7. The molecule has 0 radical (unpaired) electrons. The van der Waals surface area contributed by atoms with Gasteiger partial charge in [-0.3, -0.25) is 0 Å². The van der Waals surface area contributed by atoms with Crippen molar-refractivity contribution in [2.45, 2.75) is 111 Å². The van der Waals surface area contributed by atoms with E-state index in [-0.39, 0.29) is 17.6 Å². The van der Waals surface area contributed by atoms with E-state index in [0.29, 0.717) is 58.1 Å². The molecule has 7 heteroatoms. The molecule has 0 spiro atoms. The second-order valence-electron chi connectivity index (χ2n) is 15.1. The molecular formula is C36H64N2O5. The topological polar surface area (TPSA) is 92.0 Å². The summed E-state index contributed by atoms with van der Waals surface area (Å²) in [6.45, 7) is 16.5. The van der Waals surface area contributed by atoms with Gasteiger partial charge in [0.1, 0.15) is 6.10 Å². The van der Waals surface area contributed by atoms with E-state index in [1.807, 2.05) is 0 Å². The quantitative estimate of drug-likeness (QED) is 0.136. The summed E-state index contributed by atoms with van der Waals surface area (Å²) in [5, 5.41) is 2.86. The minimum Gasteiger partial charge on any atom is -0.446 e. The molecule has 0 aromatic rings. The maximum Gasteiger partial charge on any atom is 0.407 e. The molecular weight excluding hydrogens is 540 g/mol. The average molecular weight is 605 g/mol. The van der Waals surface area contributed by atoms with Gasteiger partial charge in [-0.25, -0.2) is 4.79 Å². The number of nitrogens with two attached hydrogens (primary N) is 1. The molecule has 4 aliphatic rings. The molecule has 0 aromatic carbocycles. The Morgan fingerprint density at radius 2 is 1.65 bits per heavy atom. The SMILES string of the molecule is CC(C)CCC[C@@H](C)[C@H]1CC[C@H]2[C@@H]3CC=C4C[C@@H](OC(=O)NCCOCCOCCOCCN)CC[C@]4(C)[C@H]3CC[C@]12C. The summed E-state index contributed by atoms with van der Waals surface area (Å²) >= 11 is 0. The van der Waals surface area contributed by atoms with Crippen LogP contribution in [-0.2, 0) is 18.9 Å². The molecule has 43 heavy (non-hydrogen) atoms. The summed E-state index contributed by atoms with van der Waals surface area (Å²) in [4.78, 5) is 12.5. The average Bonchev–Trinajstić information content (AvgIpc) is 3.33. The minimum absolute atomic E-state index is 0.0249. The number of rotatable bonds is 17. The van der Waals surface area contributed by atoms with Crippen LogP contribution in [0.15, 0.2) is 11.6 Å². The van der Waals surface area contributed by atoms with Gasteiger partial charge in [0.05, 0.1) is 39.6 Å². The third-order valence-electron chi connectivity index (χ3n) is 12.1. The van der Waals surface area contributed by atoms with Crippen LogP contribution in [0, 0.1) is 46.3 Å². The van der Waals surface area contributed by atoms with E-state index >= 15 is 0 Å². The highest BCUT2D eigenvalue weighted by molar-refractivity contribution is 5.67. The molecule has 3 saturated carbocycles. The van der Waals surface area contributed by atoms with Gasteiger partial charge in [0.15, 0.2) is 0 Å². The van der Waals surface area contributed by atoms with Crippen molar-refractivity contribution in [3.8, 4) is 0 Å². The van der Waals surface area contributed by atoms with Crippen molar-refractivity contribution in [1.82, 2.24) is 5.32 Å². The number of carbonyl (C=O) groups excluding carboxylic acids is 1. The van der Waals surface area contributed by atoms with Gasteiger partial charge in [-0.05, 0) is 91.3 Å². The highest BCUT2D eigenvalue weighted by Crippen LogP contribution is 2.67. The van der Waals surface area contributed by atoms with E-state index in [4.69, 9.17) is 24.7 Å². The summed E-state index contributed by atoms with van der Waals surface area (Å²) in [5.74, 6) is 5.07. The normalized spacial score (nSPS) is 34.2. The molecule has 0 aromatic heterocycles. The molecule has 0 unspecified atom stereocenters. The fourth-order valence-electron chi connectivity index (χ4n) is 9.80. The number of amides is 1. The summed E-state index contributed by atoms with van der Waals surface area (Å²) < 4.78 is 22.2. The van der Waals surface area contributed by atoms with Gasteiger partial charge in [0.25, 0.3) is 0 Å². The number of ether oxygens (including phenoxy) is 4. The van der Waals surface area contributed by atoms with Crippen molar-refractivity contribution < 1.29 is 23.7 Å². The second-order valence-corrected chi connectivity index (χ2v) is 15.1. The van der Waals surface area contributed by atoms with Crippen molar-refractivity contribution in [2.24, 2.45) is 52.1 Å². The summed E-state index contributed by atoms with van der Waals surface area (Å²) in [5.41, 5.74) is 7.74. The van der Waals surface area contributed by atoms with Crippen LogP contribution in [0.3, 0.4) is 0 Å². The molecule has 3 fully saturated rings. The smallest absolute Gasteiger partial charge is 0.407 e. The first-order valence-corrected chi connectivity index (χ1v) is 17.8. The number of nitrogens with one attached hydrogen (secondary N) is 1. The first-order chi connectivity index (χ1) is 20.7. The van der Waals surface area contributed by atoms with Crippen LogP contribution in [-0.4, -0.2) is 64.9 Å². The zero-order valence-electron chi connectivity index (χ0n) is 28.2. The standard InChI is InChI=1S/C36H64N2O5/c1-26(2)7-6-8-27(3)31-11-12-32-30-10-9-28-25-29(13-15-35(28,4)33(30)14-16-36(31,32)5)43-34(39)38-18-20-41-22-24-42-23-21-40-19-17-37/h9,26-27,29-33H,6-8,10-25,37H2,1-5H3,(H,38,39)/t27-,29+,30+,31-,32+,33+,35+,36-/m1/s1. The molecule has 3 N–H and O–H groups in total. The lowest BCUT2D eigenvalue weighted by atomic mass is 9.47. The number of hydrogen-bond acceptors (Lipinski definition) is 6. The molecule has 0 bridgehead atoms. The minimum atomic E-state index is -0.326. The maximum atomic E-state index is 12.5. The molecule has 248 valence electrons. The molecule has 8 atom stereocenters. The Morgan fingerprint density at radius 1 is 0.930 bits per heavy atom. The van der Waals surface area contributed by atoms with E-state index in [1.165, 1.54) is 51.4 Å². The highest BCUT2D eigenvalue weighted by atomic mass is 16.6. The molecule has 0 saturated heterocycles. The highest BCUT2D eigenvalue weighted by Gasteiger charge is 2.59. The Labute approximate surface area is 262 Å². The maximum absolute atomic E-state index is 12.5. The van der Waals surface area contributed by atoms with Gasteiger partial charge in [-0.1, -0.05) is 65.5 Å². The Balaban J connectivity index is 1.19. The van der Waals surface area contributed by atoms with Crippen molar-refractivity contribution in [1.29, 1.82) is 0 Å². The largest absolute Gasteiger partial charge is 0.446 e. The molecule has 7 nitrogen and oxygen atoms in total. The van der Waals surface area contributed by atoms with Crippen LogP contribution in [0.2, 0.25) is 0 Å². The Bertz CT molecular complexity index is 895. The van der Waals surface area contributed by atoms with Crippen molar-refractivity contribution in [2.75, 3.05) is 52.7 Å². The van der Waals surface area contributed by atoms with E-state index in [1.54, 1.807) is 5.57 Å². The monoisotopic (exact) mass is 604 g/mol. The van der Waals surface area contributed by atoms with Gasteiger partial charge >= 0.3 is 6.09 Å². The third kappa shape index (κ3) is 8.77. The lowest BCUT2D eigenvalue weighted by Gasteiger charge is -2.58. The Hall–Kier alpha value is -1.15. The van der Waals surface area contributed by atoms with Gasteiger partial charge < -0.3 is 30.0 Å². The van der Waals surface area contributed by atoms with Crippen molar-refractivity contribution in [3.05, 3.63) is 11.6 Å². The van der Waals surface area contributed by atoms with Gasteiger partial charge in [0, 0.05) is 19.5 Å². The fraction of sp³-hybridized carbons (Fsp3) is 0.917. The Morgan fingerprint density at radius 3 is 2.37 bits per heavy atom. The molecule has 0 aliphatic heterocycles. The summed E-state index contributed by atoms with van der Waals surface area (Å²) in [6, 6.07) is 0. The number of hydrogen-bond donors (Lipinski definition) is 2. The van der Waals surface area contributed by atoms with Gasteiger partial charge in [0.2, 0.25) is 0 Å². The first-order valence-electron chi connectivity index (χ1n) is 17.8. The van der Waals surface area contributed by atoms with Crippen LogP contribution in [0.4, 0.5) is 4.79 Å². The lowest BCUT2D eigenvalue weighted by Crippen LogP contribution is -2.51. The number of carbonyl (C=O) groups is 1. The van der Waals surface area contributed by atoms with E-state index < -0.39 is 0 Å². The molecule has 0 heterocycles. The summed E-state index contributed by atoms with van der Waals surface area (Å²) in [6.07, 6.45) is 16.3. The van der Waals surface area contributed by atoms with Gasteiger partial charge in [-0.2, -0.15) is 0 Å². The third-order valence-corrected chi connectivity index (χ3v) is 12.1. The van der Waals surface area contributed by atoms with Crippen LogP contribution in [0.1, 0.15) is 105 Å². The summed E-state index contributed by atoms with van der Waals surface area (Å²) in [7, 11) is 0. The molecule has 4 rings (SSSR count). The van der Waals surface area contributed by atoms with Crippen LogP contribution in [0.25, 0.3) is 0 Å². The van der Waals surface area contributed by atoms with Crippen LogP contribution < -0.4 is 11.1 Å². The Kier molecular flexibility index (Phi) is 13.3. The van der Waals surface area contributed by atoms with Crippen LogP contribution >= 0.6 is 0 Å². The van der Waals surface area contributed by atoms with E-state index in [0.717, 1.165) is 54.8 Å². The van der Waals surface area contributed by atoms with Gasteiger partial charge in [-0.15, -0.1) is 0 Å². The number of allylic oxidation sites excluding steroid dienone is 1. The molecule has 4 aliphatic carbocycles. The zero-order chi connectivity index (χ0) is 30.9. The number of alkyl carbamates (subject to hydrolysis) is 1. The zero-order valence-corrected chi connectivity index (χ0v) is 28.2. The predicted octanol–water partition coefficient (Wildman–Crippen LogP) is 7.13. The number of fused-ring (bicyclic) bond motifs is 5. The second kappa shape index (κ2) is 16.4. The molecule has 1 amide bonds. The van der Waals surface area contributed by atoms with Crippen LogP contribution in [0.5, 0.6) is 0 Å². The lowest BCUT2D eigenvalue weighted by molar-refractivity contribution is -0.0581. The predicted molar refractivity (Wildman–Crippen MR) is 173 cm³/mol. The van der Waals surface area contributed by atoms with Crippen molar-refractivity contribution >= 4 is 6.09 Å². The van der Waals surface area contributed by atoms with Crippen molar-refractivity contribution in [3.63, 3.8) is 0 Å². The fourth-order valence-corrected chi connectivity index (χ4v) is 9.80.